The quantitative estimate of drug-likeness (QED) is 0.818. The summed E-state index contributed by atoms with van der Waals surface area (Å²) < 4.78 is 2.05. The average molecular weight is 373 g/mol. The maximum Gasteiger partial charge on any atom is 0.289 e. The second-order valence-electron chi connectivity index (χ2n) is 8.25. The molecule has 1 aromatic rings. The summed E-state index contributed by atoms with van der Waals surface area (Å²) >= 11 is 0. The first kappa shape index (κ1) is 18.5. The summed E-state index contributed by atoms with van der Waals surface area (Å²) in [5.41, 5.74) is 1.54. The van der Waals surface area contributed by atoms with Gasteiger partial charge in [0.25, 0.3) is 11.8 Å². The maximum absolute atomic E-state index is 13.4. The number of hydrogen-bond donors (Lipinski definition) is 0. The summed E-state index contributed by atoms with van der Waals surface area (Å²) in [6.07, 6.45) is 10.6. The third-order valence-electron chi connectivity index (χ3n) is 6.51. The molecule has 2 amide bonds. The second-order valence-corrected chi connectivity index (χ2v) is 8.25. The van der Waals surface area contributed by atoms with Crippen molar-refractivity contribution in [3.63, 3.8) is 0 Å². The smallest absolute Gasteiger partial charge is 0.289 e. The van der Waals surface area contributed by atoms with Gasteiger partial charge in [0.2, 0.25) is 0 Å². The first-order chi connectivity index (χ1) is 13.2. The van der Waals surface area contributed by atoms with Gasteiger partial charge >= 0.3 is 0 Å². The average Bonchev–Trinajstić information content (AvgIpc) is 3.13. The predicted molar refractivity (Wildman–Crippen MR) is 104 cm³/mol. The van der Waals surface area contributed by atoms with Gasteiger partial charge in [-0.15, -0.1) is 0 Å². The van der Waals surface area contributed by atoms with Gasteiger partial charge in [0.1, 0.15) is 5.69 Å². The Labute approximate surface area is 161 Å². The van der Waals surface area contributed by atoms with Gasteiger partial charge in [-0.3, -0.25) is 9.59 Å². The lowest BCUT2D eigenvalue weighted by atomic mass is 9.99. The molecular weight excluding hydrogens is 340 g/mol. The van der Waals surface area contributed by atoms with Crippen LogP contribution < -0.4 is 0 Å². The van der Waals surface area contributed by atoms with Crippen LogP contribution in [0.15, 0.2) is 0 Å². The molecule has 148 valence electrons. The van der Waals surface area contributed by atoms with Crippen LogP contribution in [0.5, 0.6) is 0 Å². The molecule has 3 aliphatic heterocycles. The molecule has 2 saturated heterocycles. The van der Waals surface area contributed by atoms with Gasteiger partial charge in [0, 0.05) is 32.2 Å². The molecule has 0 saturated carbocycles. The number of hydrogen-bond acceptors (Lipinski definition) is 3. The monoisotopic (exact) mass is 372 g/mol. The van der Waals surface area contributed by atoms with Gasteiger partial charge in [-0.1, -0.05) is 6.92 Å². The molecule has 27 heavy (non-hydrogen) atoms. The Morgan fingerprint density at radius 1 is 0.926 bits per heavy atom. The van der Waals surface area contributed by atoms with Crippen LogP contribution in [0.4, 0.5) is 0 Å². The number of nitrogens with zero attached hydrogens (tertiary/aromatic N) is 4. The minimum atomic E-state index is 0.0163. The van der Waals surface area contributed by atoms with Crippen LogP contribution in [-0.4, -0.2) is 56.8 Å². The molecule has 6 nitrogen and oxygen atoms in total. The van der Waals surface area contributed by atoms with E-state index in [0.717, 1.165) is 83.2 Å². The van der Waals surface area contributed by atoms with E-state index in [9.17, 15) is 9.59 Å². The number of likely N-dealkylation sites (tertiary alicyclic amines) is 2. The van der Waals surface area contributed by atoms with E-state index in [1.807, 2.05) is 9.80 Å². The van der Waals surface area contributed by atoms with Crippen molar-refractivity contribution in [2.45, 2.75) is 83.7 Å². The Morgan fingerprint density at radius 2 is 1.67 bits per heavy atom. The van der Waals surface area contributed by atoms with Gasteiger partial charge < -0.3 is 14.4 Å². The van der Waals surface area contributed by atoms with E-state index < -0.39 is 0 Å². The molecule has 0 N–H and O–H groups in total. The highest BCUT2D eigenvalue weighted by Gasteiger charge is 2.34. The van der Waals surface area contributed by atoms with Crippen LogP contribution >= 0.6 is 0 Å². The van der Waals surface area contributed by atoms with Crippen molar-refractivity contribution in [1.29, 1.82) is 0 Å². The van der Waals surface area contributed by atoms with E-state index in [4.69, 9.17) is 4.98 Å². The van der Waals surface area contributed by atoms with Gasteiger partial charge in [-0.25, -0.2) is 4.98 Å². The summed E-state index contributed by atoms with van der Waals surface area (Å²) in [5.74, 6) is 0.562. The molecule has 0 radical (unpaired) electrons. The Kier molecular flexibility index (Phi) is 5.50. The molecule has 2 fully saturated rings. The number of carbonyl (C=O) groups is 2. The van der Waals surface area contributed by atoms with Gasteiger partial charge in [-0.05, 0) is 64.2 Å². The van der Waals surface area contributed by atoms with Gasteiger partial charge in [0.05, 0.1) is 5.69 Å². The third kappa shape index (κ3) is 3.50. The number of piperidine rings is 2. The van der Waals surface area contributed by atoms with Crippen LogP contribution in [0.3, 0.4) is 0 Å². The van der Waals surface area contributed by atoms with Crippen LogP contribution in [-0.2, 0) is 13.0 Å². The van der Waals surface area contributed by atoms with E-state index in [0.29, 0.717) is 17.6 Å². The second kappa shape index (κ2) is 8.03. The standard InChI is InChI=1S/C21H32N4O2/c1-2-16-10-4-8-14-24(16)20(26)18-17-11-5-9-15-25(17)19(22-18)21(27)23-12-6-3-7-13-23/h16H,2-15H2,1H3. The number of fused-ring (bicyclic) bond motifs is 1. The van der Waals surface area contributed by atoms with Crippen molar-refractivity contribution in [3.8, 4) is 0 Å². The van der Waals surface area contributed by atoms with Crippen molar-refractivity contribution >= 4 is 11.8 Å². The fourth-order valence-corrected chi connectivity index (χ4v) is 4.94. The van der Waals surface area contributed by atoms with Gasteiger partial charge in [0.15, 0.2) is 5.82 Å². The highest BCUT2D eigenvalue weighted by Crippen LogP contribution is 2.27. The Hall–Kier alpha value is -1.85. The summed E-state index contributed by atoms with van der Waals surface area (Å²) in [5, 5.41) is 0. The zero-order valence-electron chi connectivity index (χ0n) is 16.6. The normalized spacial score (nSPS) is 23.2. The van der Waals surface area contributed by atoms with Crippen molar-refractivity contribution in [2.24, 2.45) is 0 Å². The topological polar surface area (TPSA) is 58.4 Å². The number of amides is 2. The van der Waals surface area contributed by atoms with Crippen LogP contribution in [0.2, 0.25) is 0 Å². The summed E-state index contributed by atoms with van der Waals surface area (Å²) in [6, 6.07) is 0.313. The lowest BCUT2D eigenvalue weighted by Gasteiger charge is -2.35. The molecular formula is C21H32N4O2. The summed E-state index contributed by atoms with van der Waals surface area (Å²) in [6.45, 7) is 5.41. The van der Waals surface area contributed by atoms with E-state index in [1.165, 1.54) is 12.8 Å². The molecule has 1 atom stereocenters. The van der Waals surface area contributed by atoms with Crippen LogP contribution in [0.1, 0.15) is 91.5 Å². The molecule has 1 aromatic heterocycles. The summed E-state index contributed by atoms with van der Waals surface area (Å²) in [4.78, 5) is 35.1. The number of rotatable bonds is 3. The van der Waals surface area contributed by atoms with Crippen molar-refractivity contribution in [1.82, 2.24) is 19.4 Å². The van der Waals surface area contributed by atoms with Gasteiger partial charge in [-0.2, -0.15) is 0 Å². The molecule has 0 spiro atoms. The molecule has 4 heterocycles. The lowest BCUT2D eigenvalue weighted by Crippen LogP contribution is -2.44. The Bertz CT molecular complexity index is 705. The zero-order valence-corrected chi connectivity index (χ0v) is 16.6. The van der Waals surface area contributed by atoms with Crippen molar-refractivity contribution in [2.75, 3.05) is 19.6 Å². The Balaban J connectivity index is 1.65. The summed E-state index contributed by atoms with van der Waals surface area (Å²) in [7, 11) is 0. The molecule has 4 rings (SSSR count). The number of carbonyl (C=O) groups excluding carboxylic acids is 2. The molecule has 1 unspecified atom stereocenters. The van der Waals surface area contributed by atoms with Crippen molar-refractivity contribution < 1.29 is 9.59 Å². The fraction of sp³-hybridized carbons (Fsp3) is 0.762. The Morgan fingerprint density at radius 3 is 2.44 bits per heavy atom. The highest BCUT2D eigenvalue weighted by atomic mass is 16.2. The SMILES string of the molecule is CCC1CCCCN1C(=O)c1nc(C(=O)N2CCCCC2)n2c1CCCC2. The fourth-order valence-electron chi connectivity index (χ4n) is 4.94. The van der Waals surface area contributed by atoms with E-state index in [2.05, 4.69) is 11.5 Å². The first-order valence-electron chi connectivity index (χ1n) is 10.9. The number of aromatic nitrogens is 2. The van der Waals surface area contributed by atoms with Crippen LogP contribution in [0, 0.1) is 0 Å². The first-order valence-corrected chi connectivity index (χ1v) is 10.9. The molecule has 6 heteroatoms. The molecule has 0 aromatic carbocycles. The third-order valence-corrected chi connectivity index (χ3v) is 6.51. The largest absolute Gasteiger partial charge is 0.336 e. The van der Waals surface area contributed by atoms with E-state index in [-0.39, 0.29) is 11.8 Å². The number of imidazole rings is 1. The maximum atomic E-state index is 13.4. The molecule has 3 aliphatic rings. The van der Waals surface area contributed by atoms with E-state index in [1.54, 1.807) is 0 Å². The highest BCUT2D eigenvalue weighted by molar-refractivity contribution is 5.97. The molecule has 0 bridgehead atoms. The predicted octanol–water partition coefficient (Wildman–Crippen LogP) is 3.25. The van der Waals surface area contributed by atoms with Crippen molar-refractivity contribution in [3.05, 3.63) is 17.2 Å². The minimum absolute atomic E-state index is 0.0163. The van der Waals surface area contributed by atoms with Crippen LogP contribution in [0.25, 0.3) is 0 Å². The molecule has 0 aliphatic carbocycles. The zero-order chi connectivity index (χ0) is 18.8. The lowest BCUT2D eigenvalue weighted by molar-refractivity contribution is 0.0600. The van der Waals surface area contributed by atoms with E-state index >= 15 is 0 Å². The minimum Gasteiger partial charge on any atom is -0.336 e.